The Morgan fingerprint density at radius 2 is 1.23 bits per heavy atom. The summed E-state index contributed by atoms with van der Waals surface area (Å²) in [6.45, 7) is -2.43. The monoisotopic (exact) mass is 419 g/mol. The molecule has 0 aliphatic carbocycles. The molecule has 0 saturated heterocycles. The lowest BCUT2D eigenvalue weighted by molar-refractivity contribution is -0.354. The van der Waals surface area contributed by atoms with E-state index in [1.54, 1.807) is 0 Å². The number of carbonyl (C=O) groups is 2. The third-order valence-corrected chi connectivity index (χ3v) is 5.67. The predicted octanol–water partition coefficient (Wildman–Crippen LogP) is 3.75. The molecule has 1 aliphatic rings. The smallest absolute Gasteiger partial charge is 0.269 e. The lowest BCUT2D eigenvalue weighted by Gasteiger charge is -2.30. The first-order chi connectivity index (χ1) is 11.8. The SMILES string of the molecule is O=C1c2cc3sc(=O)sc3cc2C(=O)N1CC(F)(F)C(F)(F)C(F)(F)F. The van der Waals surface area contributed by atoms with E-state index < -0.39 is 47.5 Å². The van der Waals surface area contributed by atoms with Crippen LogP contribution in [0.5, 0.6) is 0 Å². The van der Waals surface area contributed by atoms with Crippen LogP contribution in [0.4, 0.5) is 30.7 Å². The Kier molecular flexibility index (Phi) is 3.96. The summed E-state index contributed by atoms with van der Waals surface area (Å²) in [6.07, 6.45) is -6.57. The number of hydrogen-bond donors (Lipinski definition) is 0. The maximum absolute atomic E-state index is 13.5. The van der Waals surface area contributed by atoms with Gasteiger partial charge >= 0.3 is 18.0 Å². The molecule has 0 unspecified atom stereocenters. The molecule has 1 aliphatic heterocycles. The predicted molar refractivity (Wildman–Crippen MR) is 77.3 cm³/mol. The number of nitrogens with zero attached hydrogens (tertiary/aromatic N) is 1. The zero-order chi connectivity index (χ0) is 19.7. The van der Waals surface area contributed by atoms with Gasteiger partial charge in [0, 0.05) is 9.40 Å². The van der Waals surface area contributed by atoms with Crippen molar-refractivity contribution in [2.75, 3.05) is 6.54 Å². The number of halogens is 7. The number of rotatable bonds is 3. The van der Waals surface area contributed by atoms with Gasteiger partial charge in [0.25, 0.3) is 15.9 Å². The third-order valence-electron chi connectivity index (χ3n) is 3.59. The minimum atomic E-state index is -6.57. The second-order valence-corrected chi connectivity index (χ2v) is 7.56. The van der Waals surface area contributed by atoms with Gasteiger partial charge in [-0.1, -0.05) is 22.7 Å². The molecular formula is C13H4F7NO3S2. The van der Waals surface area contributed by atoms with Crippen molar-refractivity contribution in [3.63, 3.8) is 0 Å². The largest absolute Gasteiger partial charge is 0.459 e. The van der Waals surface area contributed by atoms with E-state index in [-0.39, 0.29) is 18.4 Å². The summed E-state index contributed by atoms with van der Waals surface area (Å²) in [5.74, 6) is -15.0. The Morgan fingerprint density at radius 1 is 0.808 bits per heavy atom. The fourth-order valence-electron chi connectivity index (χ4n) is 2.31. The maximum atomic E-state index is 13.5. The molecule has 0 fully saturated rings. The zero-order valence-corrected chi connectivity index (χ0v) is 13.6. The molecule has 2 amide bonds. The highest BCUT2D eigenvalue weighted by molar-refractivity contribution is 7.35. The summed E-state index contributed by atoms with van der Waals surface area (Å²) in [5.41, 5.74) is -0.884. The van der Waals surface area contributed by atoms with Crippen molar-refractivity contribution in [3.8, 4) is 0 Å². The Labute approximate surface area is 146 Å². The molecule has 1 aromatic carbocycles. The van der Waals surface area contributed by atoms with E-state index >= 15 is 0 Å². The second kappa shape index (κ2) is 5.49. The topological polar surface area (TPSA) is 54.5 Å². The quantitative estimate of drug-likeness (QED) is 0.563. The van der Waals surface area contributed by atoms with Crippen LogP contribution in [0.2, 0.25) is 0 Å². The minimum Gasteiger partial charge on any atom is -0.269 e. The Morgan fingerprint density at radius 3 is 1.62 bits per heavy atom. The highest BCUT2D eigenvalue weighted by Gasteiger charge is 2.73. The molecule has 3 rings (SSSR count). The van der Waals surface area contributed by atoms with Gasteiger partial charge < -0.3 is 0 Å². The summed E-state index contributed by atoms with van der Waals surface area (Å²) in [4.78, 5) is 35.1. The summed E-state index contributed by atoms with van der Waals surface area (Å²) < 4.78 is 89.9. The first kappa shape index (κ1) is 18.8. The number of amides is 2. The molecular weight excluding hydrogens is 415 g/mol. The molecule has 0 atom stereocenters. The van der Waals surface area contributed by atoms with Crippen molar-refractivity contribution in [1.82, 2.24) is 4.90 Å². The van der Waals surface area contributed by atoms with Gasteiger partial charge in [0.2, 0.25) is 0 Å². The molecule has 26 heavy (non-hydrogen) atoms. The van der Waals surface area contributed by atoms with Gasteiger partial charge in [-0.25, -0.2) is 0 Å². The average molecular weight is 419 g/mol. The fourth-order valence-corrected chi connectivity index (χ4v) is 4.29. The second-order valence-electron chi connectivity index (χ2n) is 5.27. The molecule has 140 valence electrons. The van der Waals surface area contributed by atoms with Crippen molar-refractivity contribution in [1.29, 1.82) is 0 Å². The third kappa shape index (κ3) is 2.60. The molecule has 0 radical (unpaired) electrons. The molecule has 2 aromatic rings. The van der Waals surface area contributed by atoms with Crippen LogP contribution in [-0.4, -0.2) is 41.3 Å². The Balaban J connectivity index is 1.99. The van der Waals surface area contributed by atoms with Gasteiger partial charge in [-0.15, -0.1) is 0 Å². The van der Waals surface area contributed by atoms with Crippen LogP contribution >= 0.6 is 22.7 Å². The standard InChI is InChI=1S/C13H4F7NO3S2/c14-11(15,12(16,17)13(18,19)20)3-21-8(22)4-1-6-7(26-10(24)25-6)2-5(4)9(21)23/h1-2H,3H2. The van der Waals surface area contributed by atoms with Crippen LogP contribution in [0.25, 0.3) is 9.40 Å². The van der Waals surface area contributed by atoms with Crippen LogP contribution in [0.1, 0.15) is 20.7 Å². The highest BCUT2D eigenvalue weighted by Crippen LogP contribution is 2.47. The average Bonchev–Trinajstić information content (AvgIpc) is 2.96. The van der Waals surface area contributed by atoms with Gasteiger partial charge in [0.15, 0.2) is 0 Å². The molecule has 0 spiro atoms. The van der Waals surface area contributed by atoms with Crippen LogP contribution in [0, 0.1) is 0 Å². The number of imide groups is 1. The van der Waals surface area contributed by atoms with Crippen molar-refractivity contribution in [3.05, 3.63) is 32.1 Å². The van der Waals surface area contributed by atoms with Crippen LogP contribution < -0.4 is 4.06 Å². The van der Waals surface area contributed by atoms with E-state index in [4.69, 9.17) is 0 Å². The highest BCUT2D eigenvalue weighted by atomic mass is 32.2. The number of carbonyl (C=O) groups excluding carboxylic acids is 2. The minimum absolute atomic E-state index is 0.258. The molecule has 1 aromatic heterocycles. The molecule has 0 saturated carbocycles. The van der Waals surface area contributed by atoms with E-state index in [0.29, 0.717) is 22.7 Å². The lowest BCUT2D eigenvalue weighted by atomic mass is 10.1. The van der Waals surface area contributed by atoms with Crippen LogP contribution in [0.3, 0.4) is 0 Å². The number of hydrogen-bond acceptors (Lipinski definition) is 5. The summed E-state index contributed by atoms with van der Waals surface area (Å²) in [6, 6.07) is 2.10. The van der Waals surface area contributed by atoms with Crippen molar-refractivity contribution in [2.45, 2.75) is 18.0 Å². The molecule has 0 bridgehead atoms. The van der Waals surface area contributed by atoms with Crippen molar-refractivity contribution >= 4 is 43.9 Å². The zero-order valence-electron chi connectivity index (χ0n) is 12.0. The Bertz CT molecular complexity index is 936. The van der Waals surface area contributed by atoms with Gasteiger partial charge in [0.1, 0.15) is 0 Å². The van der Waals surface area contributed by atoms with Gasteiger partial charge in [0.05, 0.1) is 17.7 Å². The summed E-state index contributed by atoms with van der Waals surface area (Å²) >= 11 is 1.41. The summed E-state index contributed by atoms with van der Waals surface area (Å²) in [7, 11) is 0. The van der Waals surface area contributed by atoms with E-state index in [1.165, 1.54) is 0 Å². The van der Waals surface area contributed by atoms with Gasteiger partial charge in [-0.3, -0.25) is 19.3 Å². The molecule has 2 heterocycles. The van der Waals surface area contributed by atoms with Crippen molar-refractivity contribution < 1.29 is 40.3 Å². The lowest BCUT2D eigenvalue weighted by Crippen LogP contribution is -2.57. The molecule has 0 N–H and O–H groups in total. The van der Waals surface area contributed by atoms with Crippen molar-refractivity contribution in [2.24, 2.45) is 0 Å². The number of benzene rings is 1. The number of alkyl halides is 7. The van der Waals surface area contributed by atoms with Gasteiger partial charge in [-0.2, -0.15) is 30.7 Å². The molecule has 4 nitrogen and oxygen atoms in total. The first-order valence-electron chi connectivity index (χ1n) is 6.52. The van der Waals surface area contributed by atoms with E-state index in [2.05, 4.69) is 0 Å². The first-order valence-corrected chi connectivity index (χ1v) is 8.16. The fraction of sp³-hybridized carbons (Fsp3) is 0.308. The van der Waals surface area contributed by atoms with Gasteiger partial charge in [-0.05, 0) is 12.1 Å². The molecule has 13 heteroatoms. The van der Waals surface area contributed by atoms with E-state index in [9.17, 15) is 45.1 Å². The number of fused-ring (bicyclic) bond motifs is 2. The Hall–Kier alpha value is -2.02. The normalized spacial score (nSPS) is 15.9. The van der Waals surface area contributed by atoms with E-state index in [1.807, 2.05) is 0 Å². The summed E-state index contributed by atoms with van der Waals surface area (Å²) in [5, 5.41) is 0. The van der Waals surface area contributed by atoms with Crippen LogP contribution in [-0.2, 0) is 0 Å². The van der Waals surface area contributed by atoms with Crippen LogP contribution in [0.15, 0.2) is 16.9 Å². The van der Waals surface area contributed by atoms with E-state index in [0.717, 1.165) is 12.1 Å². The maximum Gasteiger partial charge on any atom is 0.459 e.